The third-order valence-corrected chi connectivity index (χ3v) is 6.33. The highest BCUT2D eigenvalue weighted by atomic mass is 14.4. The van der Waals surface area contributed by atoms with E-state index in [9.17, 15) is 0 Å². The lowest BCUT2D eigenvalue weighted by molar-refractivity contribution is 0.661. The van der Waals surface area contributed by atoms with Gasteiger partial charge in [-0.3, -0.25) is 0 Å². The summed E-state index contributed by atoms with van der Waals surface area (Å²) in [5.41, 5.74) is 12.0. The molecule has 0 fully saturated rings. The molecule has 0 unspecified atom stereocenters. The zero-order valence-electron chi connectivity index (χ0n) is 17.2. The molecule has 1 heteroatoms. The van der Waals surface area contributed by atoms with Crippen molar-refractivity contribution in [2.24, 2.45) is 0 Å². The third-order valence-electron chi connectivity index (χ3n) is 6.33. The Labute approximate surface area is 174 Å². The van der Waals surface area contributed by atoms with Gasteiger partial charge in [0, 0.05) is 5.41 Å². The van der Waals surface area contributed by atoms with Gasteiger partial charge in [-0.2, -0.15) is 0 Å². The lowest BCUT2D eigenvalue weighted by atomic mass is 9.68. The Bertz CT molecular complexity index is 1190. The summed E-state index contributed by atoms with van der Waals surface area (Å²) in [6.45, 7) is 6.87. The largest absolute Gasteiger partial charge is 0.149 e. The van der Waals surface area contributed by atoms with Crippen LogP contribution >= 0.6 is 0 Å². The van der Waals surface area contributed by atoms with Gasteiger partial charge in [0.15, 0.2) is 0 Å². The molecule has 139 valence electrons. The zero-order valence-corrected chi connectivity index (χ0v) is 17.2. The van der Waals surface area contributed by atoms with Crippen molar-refractivity contribution >= 4 is 12.7 Å². The van der Waals surface area contributed by atoms with Crippen LogP contribution in [0.1, 0.15) is 25.0 Å². The van der Waals surface area contributed by atoms with E-state index in [1.54, 1.807) is 0 Å². The number of hydrogen-bond acceptors (Lipinski definition) is 0. The van der Waals surface area contributed by atoms with Gasteiger partial charge in [-0.1, -0.05) is 105 Å². The highest BCUT2D eigenvalue weighted by molar-refractivity contribution is 6.54. The summed E-state index contributed by atoms with van der Waals surface area (Å²) in [6, 6.07) is 33.1. The van der Waals surface area contributed by atoms with E-state index in [-0.39, 0.29) is 5.41 Å². The van der Waals surface area contributed by atoms with E-state index < -0.39 is 0 Å². The standard InChI is InChI=1S/C28H24B/c1-28(2)24-16-21(19-10-6-4-7-11-19)14-15-23(24)27-25(28)17-22(18-26(27)29-3)20-12-8-5-9-13-20/h4-18H,1-3H3. The molecule has 0 N–H and O–H groups in total. The summed E-state index contributed by atoms with van der Waals surface area (Å²) < 4.78 is 0. The average Bonchev–Trinajstić information content (AvgIpc) is 3.01. The molecular formula is C28H24B. The summed E-state index contributed by atoms with van der Waals surface area (Å²) in [5, 5.41) is 0. The molecule has 0 spiro atoms. The molecule has 1 radical (unpaired) electrons. The lowest BCUT2D eigenvalue weighted by Gasteiger charge is -2.23. The van der Waals surface area contributed by atoms with Gasteiger partial charge in [0.25, 0.3) is 0 Å². The van der Waals surface area contributed by atoms with Crippen molar-refractivity contribution in [1.82, 2.24) is 0 Å². The smallest absolute Gasteiger partial charge is 0.0872 e. The van der Waals surface area contributed by atoms with Crippen LogP contribution in [0.2, 0.25) is 6.82 Å². The molecule has 5 rings (SSSR count). The number of benzene rings is 4. The van der Waals surface area contributed by atoms with Gasteiger partial charge in [-0.05, 0) is 56.6 Å². The topological polar surface area (TPSA) is 0 Å². The van der Waals surface area contributed by atoms with Gasteiger partial charge < -0.3 is 0 Å². The van der Waals surface area contributed by atoms with Gasteiger partial charge in [0.2, 0.25) is 0 Å². The van der Waals surface area contributed by atoms with E-state index in [4.69, 9.17) is 0 Å². The van der Waals surface area contributed by atoms with Crippen molar-refractivity contribution in [3.05, 3.63) is 102 Å². The van der Waals surface area contributed by atoms with Gasteiger partial charge >= 0.3 is 0 Å². The van der Waals surface area contributed by atoms with Crippen LogP contribution in [0, 0.1) is 0 Å². The minimum absolute atomic E-state index is 0.0298. The SMILES string of the molecule is C[B]c1cc(-c2ccccc2)cc2c1-c1ccc(-c3ccccc3)cc1C2(C)C. The van der Waals surface area contributed by atoms with Gasteiger partial charge in [0.1, 0.15) is 7.28 Å². The highest BCUT2D eigenvalue weighted by Crippen LogP contribution is 2.49. The van der Waals surface area contributed by atoms with Gasteiger partial charge in [0.05, 0.1) is 0 Å². The van der Waals surface area contributed by atoms with E-state index in [0.717, 1.165) is 0 Å². The molecule has 4 aromatic carbocycles. The van der Waals surface area contributed by atoms with E-state index in [1.807, 2.05) is 0 Å². The highest BCUT2D eigenvalue weighted by Gasteiger charge is 2.37. The van der Waals surface area contributed by atoms with Crippen molar-refractivity contribution in [3.8, 4) is 33.4 Å². The van der Waals surface area contributed by atoms with Crippen molar-refractivity contribution < 1.29 is 0 Å². The molecular weight excluding hydrogens is 347 g/mol. The molecule has 0 amide bonds. The van der Waals surface area contributed by atoms with Crippen molar-refractivity contribution in [3.63, 3.8) is 0 Å². The van der Waals surface area contributed by atoms with E-state index in [2.05, 4.69) is 119 Å². The van der Waals surface area contributed by atoms with Crippen LogP contribution in [0.15, 0.2) is 91.0 Å². The van der Waals surface area contributed by atoms with E-state index in [0.29, 0.717) is 0 Å². The van der Waals surface area contributed by atoms with Gasteiger partial charge in [-0.15, -0.1) is 0 Å². The predicted octanol–water partition coefficient (Wildman–Crippen LogP) is 6.70. The molecule has 0 saturated carbocycles. The van der Waals surface area contributed by atoms with Crippen LogP contribution in [0.5, 0.6) is 0 Å². The number of hydrogen-bond donors (Lipinski definition) is 0. The fourth-order valence-electron chi connectivity index (χ4n) is 4.72. The minimum Gasteiger partial charge on any atom is -0.0872 e. The van der Waals surface area contributed by atoms with Crippen LogP contribution in [0.4, 0.5) is 0 Å². The van der Waals surface area contributed by atoms with E-state index >= 15 is 0 Å². The van der Waals surface area contributed by atoms with Crippen molar-refractivity contribution in [2.45, 2.75) is 26.1 Å². The Kier molecular flexibility index (Phi) is 4.21. The monoisotopic (exact) mass is 371 g/mol. The minimum atomic E-state index is -0.0298. The van der Waals surface area contributed by atoms with Crippen molar-refractivity contribution in [2.75, 3.05) is 0 Å². The molecule has 0 aliphatic heterocycles. The molecule has 1 aliphatic carbocycles. The molecule has 4 aromatic rings. The fraction of sp³-hybridized carbons (Fsp3) is 0.143. The first-order valence-electron chi connectivity index (χ1n) is 10.3. The number of rotatable bonds is 3. The van der Waals surface area contributed by atoms with Crippen LogP contribution in [-0.4, -0.2) is 7.28 Å². The second kappa shape index (κ2) is 6.78. The first kappa shape index (κ1) is 18.0. The normalized spacial score (nSPS) is 13.6. The maximum absolute atomic E-state index is 2.40. The summed E-state index contributed by atoms with van der Waals surface area (Å²) in [4.78, 5) is 0. The van der Waals surface area contributed by atoms with Crippen LogP contribution in [0.3, 0.4) is 0 Å². The first-order chi connectivity index (χ1) is 14.1. The molecule has 0 aromatic heterocycles. The maximum atomic E-state index is 2.40. The Morgan fingerprint density at radius 2 is 1.17 bits per heavy atom. The zero-order chi connectivity index (χ0) is 20.0. The van der Waals surface area contributed by atoms with E-state index in [1.165, 1.54) is 50.0 Å². The molecule has 29 heavy (non-hydrogen) atoms. The first-order valence-corrected chi connectivity index (χ1v) is 10.3. The van der Waals surface area contributed by atoms with Crippen LogP contribution in [-0.2, 0) is 5.41 Å². The van der Waals surface area contributed by atoms with Gasteiger partial charge in [-0.25, -0.2) is 0 Å². The molecule has 0 heterocycles. The summed E-state index contributed by atoms with van der Waals surface area (Å²) >= 11 is 0. The third kappa shape index (κ3) is 2.84. The average molecular weight is 371 g/mol. The summed E-state index contributed by atoms with van der Waals surface area (Å²) in [6.07, 6.45) is 0. The maximum Gasteiger partial charge on any atom is 0.149 e. The van der Waals surface area contributed by atoms with Crippen LogP contribution in [0.25, 0.3) is 33.4 Å². The quantitative estimate of drug-likeness (QED) is 0.351. The van der Waals surface area contributed by atoms with Crippen LogP contribution < -0.4 is 5.46 Å². The molecule has 0 nitrogen and oxygen atoms in total. The number of fused-ring (bicyclic) bond motifs is 3. The Balaban J connectivity index is 1.72. The summed E-state index contributed by atoms with van der Waals surface area (Å²) in [5.74, 6) is 0. The Morgan fingerprint density at radius 1 is 0.586 bits per heavy atom. The lowest BCUT2D eigenvalue weighted by Crippen LogP contribution is -2.19. The second-order valence-electron chi connectivity index (χ2n) is 8.39. The second-order valence-corrected chi connectivity index (χ2v) is 8.39. The molecule has 0 atom stereocenters. The summed E-state index contributed by atoms with van der Waals surface area (Å²) in [7, 11) is 2.25. The fourth-order valence-corrected chi connectivity index (χ4v) is 4.72. The Morgan fingerprint density at radius 3 is 1.79 bits per heavy atom. The molecule has 1 aliphatic rings. The molecule has 0 bridgehead atoms. The van der Waals surface area contributed by atoms with Crippen molar-refractivity contribution in [1.29, 1.82) is 0 Å². The molecule has 0 saturated heterocycles. The Hall–Kier alpha value is -3.06. The predicted molar refractivity (Wildman–Crippen MR) is 126 cm³/mol.